The van der Waals surface area contributed by atoms with Crippen LogP contribution in [0.25, 0.3) is 0 Å². The molecule has 3 nitrogen and oxygen atoms in total. The van der Waals surface area contributed by atoms with Gasteiger partial charge in [-0.15, -0.1) is 0 Å². The molecule has 0 aliphatic heterocycles. The van der Waals surface area contributed by atoms with Gasteiger partial charge in [-0.1, -0.05) is 17.7 Å². The molecule has 88 valence electrons. The van der Waals surface area contributed by atoms with E-state index in [1.165, 1.54) is 12.1 Å². The van der Waals surface area contributed by atoms with E-state index in [9.17, 15) is 9.18 Å². The quantitative estimate of drug-likeness (QED) is 0.787. The van der Waals surface area contributed by atoms with Crippen LogP contribution in [-0.2, 0) is 13.5 Å². The van der Waals surface area contributed by atoms with Gasteiger partial charge in [-0.25, -0.2) is 9.37 Å². The average molecular weight is 253 g/mol. The molecule has 0 amide bonds. The van der Waals surface area contributed by atoms with E-state index in [1.807, 2.05) is 0 Å². The Bertz CT molecular complexity index is 565. The van der Waals surface area contributed by atoms with Gasteiger partial charge in [0.25, 0.3) is 0 Å². The third-order valence-electron chi connectivity index (χ3n) is 2.34. The van der Waals surface area contributed by atoms with Crippen molar-refractivity contribution in [1.82, 2.24) is 9.55 Å². The molecule has 0 fully saturated rings. The smallest absolute Gasteiger partial charge is 0.187 e. The Morgan fingerprint density at radius 2 is 2.29 bits per heavy atom. The summed E-state index contributed by atoms with van der Waals surface area (Å²) in [6.07, 6.45) is 3.37. The van der Waals surface area contributed by atoms with E-state index in [0.29, 0.717) is 11.3 Å². The number of carbonyl (C=O) groups excluding carboxylic acids is 1. The maximum atomic E-state index is 12.9. The van der Waals surface area contributed by atoms with Crippen LogP contribution in [0.3, 0.4) is 0 Å². The zero-order valence-electron chi connectivity index (χ0n) is 9.15. The summed E-state index contributed by atoms with van der Waals surface area (Å²) in [6, 6.07) is 4.25. The second-order valence-corrected chi connectivity index (χ2v) is 4.18. The molecule has 0 radical (unpaired) electrons. The van der Waals surface area contributed by atoms with Gasteiger partial charge in [-0.2, -0.15) is 0 Å². The highest BCUT2D eigenvalue weighted by molar-refractivity contribution is 6.30. The minimum atomic E-state index is -0.485. The van der Waals surface area contributed by atoms with E-state index in [0.717, 1.165) is 0 Å². The van der Waals surface area contributed by atoms with Crippen LogP contribution in [0.15, 0.2) is 30.7 Å². The second-order valence-electron chi connectivity index (χ2n) is 3.77. The predicted octanol–water partition coefficient (Wildman–Crippen LogP) is 2.64. The molecular formula is C12H10ClFN2O. The van der Waals surface area contributed by atoms with E-state index >= 15 is 0 Å². The van der Waals surface area contributed by atoms with Crippen LogP contribution < -0.4 is 0 Å². The van der Waals surface area contributed by atoms with Gasteiger partial charge in [-0.3, -0.25) is 4.79 Å². The zero-order valence-corrected chi connectivity index (χ0v) is 9.91. The van der Waals surface area contributed by atoms with Crippen molar-refractivity contribution in [3.63, 3.8) is 0 Å². The third kappa shape index (κ3) is 2.71. The van der Waals surface area contributed by atoms with Gasteiger partial charge in [0.15, 0.2) is 5.78 Å². The Kier molecular flexibility index (Phi) is 3.24. The zero-order chi connectivity index (χ0) is 12.4. The SMILES string of the molecule is Cn1cnc(C(=O)Cc2ccc(F)c(Cl)c2)c1. The molecule has 0 aliphatic carbocycles. The Morgan fingerprint density at radius 3 is 2.88 bits per heavy atom. The van der Waals surface area contributed by atoms with Crippen LogP contribution in [0.2, 0.25) is 5.02 Å². The van der Waals surface area contributed by atoms with Crippen LogP contribution in [0.5, 0.6) is 0 Å². The lowest BCUT2D eigenvalue weighted by Gasteiger charge is -2.00. The molecule has 0 saturated carbocycles. The molecule has 0 N–H and O–H groups in total. The normalized spacial score (nSPS) is 10.5. The lowest BCUT2D eigenvalue weighted by Crippen LogP contribution is -2.04. The van der Waals surface area contributed by atoms with Crippen LogP contribution in [0.1, 0.15) is 16.1 Å². The monoisotopic (exact) mass is 252 g/mol. The molecule has 1 heterocycles. The standard InChI is InChI=1S/C12H10ClFN2O/c1-16-6-11(15-7-16)12(17)5-8-2-3-10(14)9(13)4-8/h2-4,6-7H,5H2,1H3. The molecule has 1 aromatic heterocycles. The summed E-state index contributed by atoms with van der Waals surface area (Å²) in [4.78, 5) is 15.8. The largest absolute Gasteiger partial charge is 0.340 e. The summed E-state index contributed by atoms with van der Waals surface area (Å²) in [5.74, 6) is -0.603. The van der Waals surface area contributed by atoms with Crippen molar-refractivity contribution >= 4 is 17.4 Å². The first-order valence-electron chi connectivity index (χ1n) is 5.01. The molecule has 2 aromatic rings. The minimum absolute atomic E-state index is 0.0244. The number of hydrogen-bond acceptors (Lipinski definition) is 2. The third-order valence-corrected chi connectivity index (χ3v) is 2.63. The minimum Gasteiger partial charge on any atom is -0.340 e. The number of ketones is 1. The lowest BCUT2D eigenvalue weighted by atomic mass is 10.1. The molecule has 1 aromatic carbocycles. The van der Waals surface area contributed by atoms with Crippen molar-refractivity contribution < 1.29 is 9.18 Å². The van der Waals surface area contributed by atoms with Crippen LogP contribution >= 0.6 is 11.6 Å². The number of aromatic nitrogens is 2. The Morgan fingerprint density at radius 1 is 1.53 bits per heavy atom. The number of aryl methyl sites for hydroxylation is 1. The fourth-order valence-corrected chi connectivity index (χ4v) is 1.69. The molecule has 5 heteroatoms. The van der Waals surface area contributed by atoms with Gasteiger partial charge in [0, 0.05) is 19.7 Å². The van der Waals surface area contributed by atoms with E-state index < -0.39 is 5.82 Å². The van der Waals surface area contributed by atoms with Gasteiger partial charge in [-0.05, 0) is 17.7 Å². The van der Waals surface area contributed by atoms with Crippen molar-refractivity contribution in [2.24, 2.45) is 7.05 Å². The van der Waals surface area contributed by atoms with E-state index in [1.54, 1.807) is 30.2 Å². The van der Waals surface area contributed by atoms with Gasteiger partial charge >= 0.3 is 0 Å². The molecule has 0 unspecified atom stereocenters. The highest BCUT2D eigenvalue weighted by Gasteiger charge is 2.10. The van der Waals surface area contributed by atoms with Crippen LogP contribution in [0.4, 0.5) is 4.39 Å². The van der Waals surface area contributed by atoms with Crippen LogP contribution in [-0.4, -0.2) is 15.3 Å². The number of nitrogens with zero attached hydrogens (tertiary/aromatic N) is 2. The fourth-order valence-electron chi connectivity index (χ4n) is 1.48. The number of carbonyl (C=O) groups is 1. The highest BCUT2D eigenvalue weighted by Crippen LogP contribution is 2.17. The first-order chi connectivity index (χ1) is 8.06. The molecule has 0 saturated heterocycles. The summed E-state index contributed by atoms with van der Waals surface area (Å²) in [5, 5.41) is 0.0244. The van der Waals surface area contributed by atoms with Crippen LogP contribution in [0, 0.1) is 5.82 Å². The first kappa shape index (κ1) is 11.8. The number of halogens is 2. The van der Waals surface area contributed by atoms with Crippen molar-refractivity contribution in [2.45, 2.75) is 6.42 Å². The van der Waals surface area contributed by atoms with Gasteiger partial charge in [0.2, 0.25) is 0 Å². The summed E-state index contributed by atoms with van der Waals surface area (Å²) in [5.41, 5.74) is 1.07. The number of imidazole rings is 1. The summed E-state index contributed by atoms with van der Waals surface area (Å²) < 4.78 is 14.6. The van der Waals surface area contributed by atoms with Gasteiger partial charge in [0.1, 0.15) is 11.5 Å². The summed E-state index contributed by atoms with van der Waals surface area (Å²) >= 11 is 5.64. The van der Waals surface area contributed by atoms with Crippen molar-refractivity contribution in [2.75, 3.05) is 0 Å². The van der Waals surface area contributed by atoms with E-state index in [-0.39, 0.29) is 17.2 Å². The number of rotatable bonds is 3. The molecule has 0 spiro atoms. The highest BCUT2D eigenvalue weighted by atomic mass is 35.5. The molecule has 0 aliphatic rings. The van der Waals surface area contributed by atoms with Crippen molar-refractivity contribution in [3.8, 4) is 0 Å². The fraction of sp³-hybridized carbons (Fsp3) is 0.167. The number of hydrogen-bond donors (Lipinski definition) is 0. The number of Topliss-reactive ketones (excluding diaryl/α,β-unsaturated/α-hetero) is 1. The van der Waals surface area contributed by atoms with Gasteiger partial charge in [0.05, 0.1) is 11.3 Å². The summed E-state index contributed by atoms with van der Waals surface area (Å²) in [7, 11) is 1.79. The topological polar surface area (TPSA) is 34.9 Å². The molecule has 0 bridgehead atoms. The van der Waals surface area contributed by atoms with Gasteiger partial charge < -0.3 is 4.57 Å². The molecular weight excluding hydrogens is 243 g/mol. The summed E-state index contributed by atoms with van der Waals surface area (Å²) in [6.45, 7) is 0. The van der Waals surface area contributed by atoms with E-state index in [2.05, 4.69) is 4.98 Å². The van der Waals surface area contributed by atoms with E-state index in [4.69, 9.17) is 11.6 Å². The molecule has 0 atom stereocenters. The van der Waals surface area contributed by atoms with Crippen molar-refractivity contribution in [3.05, 3.63) is 52.8 Å². The second kappa shape index (κ2) is 4.67. The average Bonchev–Trinajstić information content (AvgIpc) is 2.70. The number of benzene rings is 1. The van der Waals surface area contributed by atoms with Crippen molar-refractivity contribution in [1.29, 1.82) is 0 Å². The lowest BCUT2D eigenvalue weighted by molar-refractivity contribution is 0.0988. The predicted molar refractivity (Wildman–Crippen MR) is 62.7 cm³/mol. The Labute approximate surface area is 103 Å². The Balaban J connectivity index is 2.15. The first-order valence-corrected chi connectivity index (χ1v) is 5.39. The maximum absolute atomic E-state index is 12.9. The Hall–Kier alpha value is -1.68. The molecule has 2 rings (SSSR count). The molecule has 17 heavy (non-hydrogen) atoms. The maximum Gasteiger partial charge on any atom is 0.187 e.